The quantitative estimate of drug-likeness (QED) is 0.0211. The van der Waals surface area contributed by atoms with Gasteiger partial charge in [-0.05, 0) is 109 Å². The number of carbonyl (C=O) groups excluding carboxylic acids is 10. The molecular weight excluding hydrogens is 1560 g/mol. The minimum atomic E-state index is -1.94. The van der Waals surface area contributed by atoms with Crippen molar-refractivity contribution in [2.24, 2.45) is 0 Å². The highest BCUT2D eigenvalue weighted by molar-refractivity contribution is 14.1. The van der Waals surface area contributed by atoms with E-state index in [-0.39, 0.29) is 54.5 Å². The third kappa shape index (κ3) is 20.0. The van der Waals surface area contributed by atoms with E-state index in [0.717, 1.165) is 30.4 Å². The van der Waals surface area contributed by atoms with Crippen LogP contribution >= 0.6 is 46.1 Å². The summed E-state index contributed by atoms with van der Waals surface area (Å²) in [6, 6.07) is 70.3. The maximum absolute atomic E-state index is 15.0. The fourth-order valence-electron chi connectivity index (χ4n) is 12.0. The van der Waals surface area contributed by atoms with Gasteiger partial charge in [0.05, 0.1) is 50.1 Å². The summed E-state index contributed by atoms with van der Waals surface area (Å²) in [7, 11) is 0. The zero-order valence-corrected chi connectivity index (χ0v) is 61.6. The normalized spacial score (nSPS) is 23.5. The van der Waals surface area contributed by atoms with E-state index in [9.17, 15) is 43.2 Å². The molecule has 0 aliphatic carbocycles. The Kier molecular flexibility index (Phi) is 26.8. The van der Waals surface area contributed by atoms with Crippen molar-refractivity contribution in [2.75, 3.05) is 15.9 Å². The first-order chi connectivity index (χ1) is 53.1. The second kappa shape index (κ2) is 37.7. The predicted octanol–water partition coefficient (Wildman–Crippen LogP) is 12.7. The Bertz CT molecular complexity index is 4580. The number of hydrogen-bond donors (Lipinski definition) is 0. The van der Waals surface area contributed by atoms with E-state index in [1.165, 1.54) is 109 Å². The first-order valence-electron chi connectivity index (χ1n) is 34.3. The van der Waals surface area contributed by atoms with E-state index < -0.39 is 162 Å². The van der Waals surface area contributed by atoms with Crippen LogP contribution in [0.3, 0.4) is 0 Å². The summed E-state index contributed by atoms with van der Waals surface area (Å²) >= 11 is 3.73. The van der Waals surface area contributed by atoms with Gasteiger partial charge in [-0.3, -0.25) is 4.79 Å². The van der Waals surface area contributed by atoms with Crippen molar-refractivity contribution in [3.63, 3.8) is 0 Å². The molecule has 26 heteroatoms. The molecule has 23 nitrogen and oxygen atoms in total. The SMILES string of the molecule is CC(=O)O[C@@H]1O[C@H](CS[C@@H]2O[C@H](CS[C@@H]3O[C@H](CI)[C@@H](OC(=O)c4ccccc4)[C@H](OC(=O)c4ccccc4)[C@H]3OC(=O)c3ccccc3)[C@@H](OC(=O)c3ccccc3)[C@H](OC(=O)c3ccccc3)[C@H]2OC(=O)c2ccccc2)[C@@H](OC(=O)c2ccccc2)[C@H](OC(=O)c2ccccc2)[C@H]1OC(=O)c1ccccc1. The molecule has 0 bridgehead atoms. The number of hydrogen-bond acceptors (Lipinski definition) is 25. The largest absolute Gasteiger partial charge is 0.452 e. The van der Waals surface area contributed by atoms with Gasteiger partial charge in [0.15, 0.2) is 48.8 Å². The average molecular weight is 1630 g/mol. The number of rotatable bonds is 26. The van der Waals surface area contributed by atoms with Crippen molar-refractivity contribution in [3.05, 3.63) is 323 Å². The lowest BCUT2D eigenvalue weighted by Crippen LogP contribution is -2.64. The Morgan fingerprint density at radius 2 is 0.450 bits per heavy atom. The zero-order valence-electron chi connectivity index (χ0n) is 57.8. The van der Waals surface area contributed by atoms with Crippen molar-refractivity contribution in [1.82, 2.24) is 0 Å². The van der Waals surface area contributed by atoms with Crippen molar-refractivity contribution in [1.29, 1.82) is 0 Å². The Morgan fingerprint density at radius 1 is 0.257 bits per heavy atom. The van der Waals surface area contributed by atoms with Gasteiger partial charge < -0.3 is 61.6 Å². The average Bonchev–Trinajstić information content (AvgIpc) is 0.811. The van der Waals surface area contributed by atoms with Crippen LogP contribution in [0, 0.1) is 0 Å². The molecule has 3 fully saturated rings. The van der Waals surface area contributed by atoms with Gasteiger partial charge in [0.1, 0.15) is 29.2 Å². The highest BCUT2D eigenvalue weighted by Gasteiger charge is 2.58. The molecular formula is C83H69IO23S2. The fraction of sp³-hybridized carbons (Fsp3) is 0.229. The maximum atomic E-state index is 15.0. The van der Waals surface area contributed by atoms with Crippen LogP contribution < -0.4 is 0 Å². The molecule has 0 amide bonds. The first kappa shape index (κ1) is 77.6. The van der Waals surface area contributed by atoms with Gasteiger partial charge >= 0.3 is 59.7 Å². The summed E-state index contributed by atoms with van der Waals surface area (Å²) in [5.74, 6) is -10.4. The standard InChI is InChI=1S/C83H69IO23S2/c1-50(85)95-81-69(105-78(92)57-41-23-8-24-42-57)66(102-75(89)54-35-17-5-18-36-54)64(100-73(87)52-31-13-3-14-32-52)61(96-81)48-108-83-71(107-80(94)59-45-27-10-28-46-59)68(104-77(91)56-39-21-7-22-40-56)65(101-74(88)53-33-15-4-16-34-53)62(98-83)49-109-82-70(106-79(93)58-43-25-9-26-44-58)67(103-76(90)55-37-19-6-20-38-55)63(60(47-84)97-82)99-72(86)51-29-11-2-12-30-51/h2-46,60-71,81-83H,47-49H2,1H3/t60-,61-,62-,63-,64-,65-,66+,67+,68+,69-,70-,71-,81-,82+,83+/m1/s1. The minimum Gasteiger partial charge on any atom is -0.452 e. The van der Waals surface area contributed by atoms with E-state index in [2.05, 4.69) is 0 Å². The van der Waals surface area contributed by atoms with Gasteiger partial charge in [0, 0.05) is 22.9 Å². The number of halogens is 1. The molecule has 0 spiro atoms. The fourth-order valence-corrected chi connectivity index (χ4v) is 15.3. The van der Waals surface area contributed by atoms with Gasteiger partial charge in [-0.15, -0.1) is 23.5 Å². The summed E-state index contributed by atoms with van der Waals surface area (Å²) in [6.45, 7) is 1.06. The van der Waals surface area contributed by atoms with E-state index in [0.29, 0.717) is 0 Å². The predicted molar refractivity (Wildman–Crippen MR) is 402 cm³/mol. The summed E-state index contributed by atoms with van der Waals surface area (Å²) < 4.78 is 84.3. The molecule has 3 saturated heterocycles. The third-order valence-electron chi connectivity index (χ3n) is 17.3. The molecule has 558 valence electrons. The molecule has 3 heterocycles. The number of ether oxygens (including phenoxy) is 13. The smallest absolute Gasteiger partial charge is 0.338 e. The molecule has 15 atom stereocenters. The molecule has 109 heavy (non-hydrogen) atoms. The van der Waals surface area contributed by atoms with E-state index in [4.69, 9.17) is 61.6 Å². The summed E-state index contributed by atoms with van der Waals surface area (Å²) in [5.41, 5.74) is -2.72. The highest BCUT2D eigenvalue weighted by atomic mass is 127. The van der Waals surface area contributed by atoms with Crippen LogP contribution in [0.1, 0.15) is 100 Å². The number of alkyl halides is 1. The number of carbonyl (C=O) groups is 10. The lowest BCUT2D eigenvalue weighted by molar-refractivity contribution is -0.281. The zero-order chi connectivity index (χ0) is 76.2. The van der Waals surface area contributed by atoms with E-state index >= 15 is 4.79 Å². The summed E-state index contributed by atoms with van der Waals surface area (Å²) in [6.07, 6.45) is -22.1. The molecule has 3 aliphatic rings. The molecule has 0 saturated carbocycles. The van der Waals surface area contributed by atoms with Crippen LogP contribution in [-0.2, 0) is 66.4 Å². The first-order valence-corrected chi connectivity index (χ1v) is 38.0. The lowest BCUT2D eigenvalue weighted by Gasteiger charge is -2.47. The van der Waals surface area contributed by atoms with Crippen LogP contribution in [0.2, 0.25) is 0 Å². The maximum Gasteiger partial charge on any atom is 0.338 e. The second-order valence-corrected chi connectivity index (χ2v) is 27.8. The summed E-state index contributed by atoms with van der Waals surface area (Å²) in [4.78, 5) is 145. The van der Waals surface area contributed by atoms with Crippen molar-refractivity contribution < 1.29 is 110 Å². The molecule has 0 aromatic heterocycles. The number of thioether (sulfide) groups is 2. The number of benzene rings is 9. The molecule has 12 rings (SSSR count). The molecule has 3 aliphatic heterocycles. The summed E-state index contributed by atoms with van der Waals surface area (Å²) in [5, 5.41) is 0. The van der Waals surface area contributed by atoms with Crippen LogP contribution in [0.15, 0.2) is 273 Å². The van der Waals surface area contributed by atoms with Crippen LogP contribution in [0.5, 0.6) is 0 Å². The Morgan fingerprint density at radius 3 is 0.688 bits per heavy atom. The van der Waals surface area contributed by atoms with E-state index in [1.807, 2.05) is 22.6 Å². The van der Waals surface area contributed by atoms with Gasteiger partial charge in [0.2, 0.25) is 12.4 Å². The Balaban J connectivity index is 0.985. The van der Waals surface area contributed by atoms with Crippen LogP contribution in [-0.4, -0.2) is 166 Å². The lowest BCUT2D eigenvalue weighted by atomic mass is 9.98. The molecule has 0 N–H and O–H groups in total. The number of esters is 10. The van der Waals surface area contributed by atoms with Crippen molar-refractivity contribution >= 4 is 106 Å². The van der Waals surface area contributed by atoms with Gasteiger partial charge in [-0.25, -0.2) is 43.2 Å². The van der Waals surface area contributed by atoms with E-state index in [1.54, 1.807) is 164 Å². The highest BCUT2D eigenvalue weighted by Crippen LogP contribution is 2.43. The third-order valence-corrected chi connectivity index (χ3v) is 20.7. The van der Waals surface area contributed by atoms with Crippen molar-refractivity contribution in [2.45, 2.75) is 97.3 Å². The van der Waals surface area contributed by atoms with Crippen LogP contribution in [0.25, 0.3) is 0 Å². The van der Waals surface area contributed by atoms with Crippen molar-refractivity contribution in [3.8, 4) is 0 Å². The topological polar surface area (TPSA) is 291 Å². The minimum absolute atomic E-state index is 0.00123. The van der Waals surface area contributed by atoms with Crippen LogP contribution in [0.4, 0.5) is 0 Å². The molecule has 9 aromatic rings. The van der Waals surface area contributed by atoms with Gasteiger partial charge in [-0.2, -0.15) is 0 Å². The molecule has 0 unspecified atom stereocenters. The molecule has 0 radical (unpaired) electrons. The molecule has 9 aromatic carbocycles. The Labute approximate surface area is 647 Å². The Hall–Kier alpha value is -11.0. The second-order valence-electron chi connectivity index (χ2n) is 24.7. The van der Waals surface area contributed by atoms with Gasteiger partial charge in [-0.1, -0.05) is 186 Å². The monoisotopic (exact) mass is 1620 g/mol. The van der Waals surface area contributed by atoms with Gasteiger partial charge in [0.25, 0.3) is 0 Å².